The van der Waals surface area contributed by atoms with Crippen LogP contribution in [0.1, 0.15) is 44.4 Å². The number of carbonyl (C=O) groups excluding carboxylic acids is 1. The monoisotopic (exact) mass is 252 g/mol. The van der Waals surface area contributed by atoms with Crippen molar-refractivity contribution in [3.8, 4) is 0 Å². The van der Waals surface area contributed by atoms with Gasteiger partial charge < -0.3 is 14.6 Å². The van der Waals surface area contributed by atoms with Gasteiger partial charge in [0, 0.05) is 19.5 Å². The van der Waals surface area contributed by atoms with Crippen molar-refractivity contribution < 1.29 is 9.21 Å². The number of carbonyl (C=O) groups is 1. The molecule has 6 heteroatoms. The van der Waals surface area contributed by atoms with Gasteiger partial charge in [-0.05, 0) is 12.8 Å². The fraction of sp³-hybridized carbons (Fsp3) is 0.750. The smallest absolute Gasteiger partial charge is 0.317 e. The quantitative estimate of drug-likeness (QED) is 0.889. The van der Waals surface area contributed by atoms with Crippen LogP contribution in [0.25, 0.3) is 0 Å². The Labute approximate surface area is 107 Å². The van der Waals surface area contributed by atoms with E-state index in [2.05, 4.69) is 15.5 Å². The summed E-state index contributed by atoms with van der Waals surface area (Å²) in [6.45, 7) is 3.95. The van der Waals surface area contributed by atoms with E-state index >= 15 is 0 Å². The number of nitrogens with one attached hydrogen (secondary N) is 1. The highest BCUT2D eigenvalue weighted by molar-refractivity contribution is 5.74. The second kappa shape index (κ2) is 6.37. The number of likely N-dealkylation sites (tertiary alicyclic amines) is 1. The Hall–Kier alpha value is -1.59. The third kappa shape index (κ3) is 3.45. The molecular weight excluding hydrogens is 232 g/mol. The van der Waals surface area contributed by atoms with Crippen molar-refractivity contribution in [2.45, 2.75) is 45.6 Å². The van der Waals surface area contributed by atoms with E-state index in [1.807, 2.05) is 11.8 Å². The molecule has 0 atom stereocenters. The van der Waals surface area contributed by atoms with Gasteiger partial charge in [0.25, 0.3) is 0 Å². The lowest BCUT2D eigenvalue weighted by molar-refractivity contribution is 0.198. The summed E-state index contributed by atoms with van der Waals surface area (Å²) in [6, 6.07) is -0.0341. The molecule has 1 fully saturated rings. The molecule has 0 radical (unpaired) electrons. The number of aromatic nitrogens is 2. The number of hydrogen-bond acceptors (Lipinski definition) is 4. The average Bonchev–Trinajstić information content (AvgIpc) is 2.68. The minimum absolute atomic E-state index is 0.0341. The molecule has 0 unspecified atom stereocenters. The van der Waals surface area contributed by atoms with E-state index in [0.717, 1.165) is 25.9 Å². The van der Waals surface area contributed by atoms with Gasteiger partial charge in [0.05, 0.1) is 6.54 Å². The van der Waals surface area contributed by atoms with Gasteiger partial charge in [-0.15, -0.1) is 10.2 Å². The molecule has 1 saturated heterocycles. The third-order valence-electron chi connectivity index (χ3n) is 3.10. The molecule has 0 spiro atoms. The van der Waals surface area contributed by atoms with Gasteiger partial charge in [-0.25, -0.2) is 4.79 Å². The molecule has 1 aromatic heterocycles. The molecule has 1 aromatic rings. The standard InChI is InChI=1S/C12H20N4O2/c1-2-10-14-15-11(18-10)9-13-12(17)16-7-5-3-4-6-8-16/h2-9H2,1H3,(H,13,17). The van der Waals surface area contributed by atoms with E-state index in [1.165, 1.54) is 12.8 Å². The topological polar surface area (TPSA) is 71.3 Å². The van der Waals surface area contributed by atoms with Gasteiger partial charge in [-0.2, -0.15) is 0 Å². The lowest BCUT2D eigenvalue weighted by Crippen LogP contribution is -2.40. The zero-order chi connectivity index (χ0) is 12.8. The third-order valence-corrected chi connectivity index (χ3v) is 3.10. The van der Waals surface area contributed by atoms with Crippen LogP contribution in [0.2, 0.25) is 0 Å². The summed E-state index contributed by atoms with van der Waals surface area (Å²) in [5, 5.41) is 10.6. The molecule has 6 nitrogen and oxygen atoms in total. The molecule has 2 amide bonds. The first kappa shape index (κ1) is 12.9. The molecule has 100 valence electrons. The number of hydrogen-bond donors (Lipinski definition) is 1. The van der Waals surface area contributed by atoms with E-state index in [9.17, 15) is 4.79 Å². The highest BCUT2D eigenvalue weighted by atomic mass is 16.4. The van der Waals surface area contributed by atoms with Crippen molar-refractivity contribution in [3.63, 3.8) is 0 Å². The average molecular weight is 252 g/mol. The molecule has 2 rings (SSSR count). The second-order valence-electron chi connectivity index (χ2n) is 4.50. The van der Waals surface area contributed by atoms with E-state index in [-0.39, 0.29) is 6.03 Å². The summed E-state index contributed by atoms with van der Waals surface area (Å²) >= 11 is 0. The van der Waals surface area contributed by atoms with Gasteiger partial charge in [-0.1, -0.05) is 19.8 Å². The maximum atomic E-state index is 11.9. The van der Waals surface area contributed by atoms with Crippen molar-refractivity contribution in [1.82, 2.24) is 20.4 Å². The Bertz CT molecular complexity index is 383. The van der Waals surface area contributed by atoms with Crippen molar-refractivity contribution in [1.29, 1.82) is 0 Å². The maximum Gasteiger partial charge on any atom is 0.317 e. The van der Waals surface area contributed by atoms with Crippen LogP contribution in [-0.2, 0) is 13.0 Å². The largest absolute Gasteiger partial charge is 0.423 e. The Kier molecular flexibility index (Phi) is 4.55. The molecule has 0 aromatic carbocycles. The summed E-state index contributed by atoms with van der Waals surface area (Å²) in [6.07, 6.45) is 5.33. The predicted octanol–water partition coefficient (Wildman–Crippen LogP) is 1.72. The zero-order valence-corrected chi connectivity index (χ0v) is 10.8. The van der Waals surface area contributed by atoms with E-state index in [0.29, 0.717) is 24.7 Å². The van der Waals surface area contributed by atoms with Crippen LogP contribution in [-0.4, -0.2) is 34.2 Å². The summed E-state index contributed by atoms with van der Waals surface area (Å²) < 4.78 is 5.34. The minimum atomic E-state index is -0.0341. The molecule has 0 aliphatic carbocycles. The fourth-order valence-electron chi connectivity index (χ4n) is 2.04. The van der Waals surface area contributed by atoms with E-state index in [4.69, 9.17) is 4.42 Å². The van der Waals surface area contributed by atoms with Crippen LogP contribution in [0.15, 0.2) is 4.42 Å². The van der Waals surface area contributed by atoms with Gasteiger partial charge in [0.2, 0.25) is 11.8 Å². The van der Waals surface area contributed by atoms with Crippen molar-refractivity contribution in [3.05, 3.63) is 11.8 Å². The van der Waals surface area contributed by atoms with Crippen molar-refractivity contribution in [2.75, 3.05) is 13.1 Å². The Morgan fingerprint density at radius 3 is 2.50 bits per heavy atom. The lowest BCUT2D eigenvalue weighted by Gasteiger charge is -2.20. The number of aryl methyl sites for hydroxylation is 1. The molecule has 1 N–H and O–H groups in total. The maximum absolute atomic E-state index is 11.9. The summed E-state index contributed by atoms with van der Waals surface area (Å²) in [5.41, 5.74) is 0. The van der Waals surface area contributed by atoms with Crippen molar-refractivity contribution >= 4 is 6.03 Å². The number of nitrogens with zero attached hydrogens (tertiary/aromatic N) is 3. The second-order valence-corrected chi connectivity index (χ2v) is 4.50. The van der Waals surface area contributed by atoms with Crippen LogP contribution in [0.3, 0.4) is 0 Å². The highest BCUT2D eigenvalue weighted by Gasteiger charge is 2.15. The van der Waals surface area contributed by atoms with Gasteiger partial charge >= 0.3 is 6.03 Å². The minimum Gasteiger partial charge on any atom is -0.423 e. The Balaban J connectivity index is 1.79. The number of urea groups is 1. The van der Waals surface area contributed by atoms with Gasteiger partial charge in [0.15, 0.2) is 0 Å². The molecular formula is C12H20N4O2. The molecule has 0 saturated carbocycles. The molecule has 1 aliphatic heterocycles. The van der Waals surface area contributed by atoms with Crippen LogP contribution < -0.4 is 5.32 Å². The number of amides is 2. The highest BCUT2D eigenvalue weighted by Crippen LogP contribution is 2.09. The first-order valence-electron chi connectivity index (χ1n) is 6.63. The van der Waals surface area contributed by atoms with Crippen molar-refractivity contribution in [2.24, 2.45) is 0 Å². The summed E-state index contributed by atoms with van der Waals surface area (Å²) in [4.78, 5) is 13.8. The van der Waals surface area contributed by atoms with Gasteiger partial charge in [0.1, 0.15) is 0 Å². The molecule has 18 heavy (non-hydrogen) atoms. The normalized spacial score (nSPS) is 16.4. The lowest BCUT2D eigenvalue weighted by atomic mass is 10.2. The number of rotatable bonds is 3. The van der Waals surface area contributed by atoms with Crippen LogP contribution in [0.4, 0.5) is 4.79 Å². The zero-order valence-electron chi connectivity index (χ0n) is 10.8. The first-order valence-corrected chi connectivity index (χ1v) is 6.63. The molecule has 0 bridgehead atoms. The fourth-order valence-corrected chi connectivity index (χ4v) is 2.04. The summed E-state index contributed by atoms with van der Waals surface area (Å²) in [5.74, 6) is 1.07. The molecule has 2 heterocycles. The summed E-state index contributed by atoms with van der Waals surface area (Å²) in [7, 11) is 0. The molecule has 1 aliphatic rings. The Morgan fingerprint density at radius 1 is 1.22 bits per heavy atom. The SMILES string of the molecule is CCc1nnc(CNC(=O)N2CCCCCC2)o1. The van der Waals surface area contributed by atoms with Crippen LogP contribution in [0, 0.1) is 0 Å². The van der Waals surface area contributed by atoms with E-state index in [1.54, 1.807) is 0 Å². The van der Waals surface area contributed by atoms with Crippen LogP contribution >= 0.6 is 0 Å². The van der Waals surface area contributed by atoms with Gasteiger partial charge in [-0.3, -0.25) is 0 Å². The van der Waals surface area contributed by atoms with Crippen LogP contribution in [0.5, 0.6) is 0 Å². The first-order chi connectivity index (χ1) is 8.79. The Morgan fingerprint density at radius 2 is 1.89 bits per heavy atom. The van der Waals surface area contributed by atoms with E-state index < -0.39 is 0 Å². The predicted molar refractivity (Wildman–Crippen MR) is 66.0 cm³/mol.